The monoisotopic (exact) mass is 374 g/mol. The second-order valence-electron chi connectivity index (χ2n) is 7.72. The highest BCUT2D eigenvalue weighted by atomic mass is 16.6. The first-order valence-electron chi connectivity index (χ1n) is 9.46. The smallest absolute Gasteiger partial charge is 0.270 e. The predicted octanol–water partition coefficient (Wildman–Crippen LogP) is 1.74. The largest absolute Gasteiger partial charge is 0.351 e. The van der Waals surface area contributed by atoms with Crippen LogP contribution in [-0.2, 0) is 4.79 Å². The fraction of sp³-hybridized carbons (Fsp3) is 0.579. The average Bonchev–Trinajstić information content (AvgIpc) is 2.62. The van der Waals surface area contributed by atoms with E-state index in [-0.39, 0.29) is 29.2 Å². The van der Waals surface area contributed by atoms with Crippen molar-refractivity contribution in [3.8, 4) is 0 Å². The summed E-state index contributed by atoms with van der Waals surface area (Å²) in [6, 6.07) is 5.05. The highest BCUT2D eigenvalue weighted by Gasteiger charge is 2.40. The summed E-state index contributed by atoms with van der Waals surface area (Å²) in [6.45, 7) is 1.62. The maximum atomic E-state index is 12.6. The Labute approximate surface area is 158 Å². The molecule has 2 fully saturated rings. The van der Waals surface area contributed by atoms with Crippen molar-refractivity contribution in [1.82, 2.24) is 10.6 Å². The number of amides is 2. The molecule has 8 nitrogen and oxygen atoms in total. The lowest BCUT2D eigenvalue weighted by atomic mass is 9.67. The Kier molecular flexibility index (Phi) is 5.74. The lowest BCUT2D eigenvalue weighted by Gasteiger charge is -2.45. The molecule has 4 N–H and O–H groups in total. The number of carbonyl (C=O) groups is 2. The number of fused-ring (bicyclic) bond motifs is 2. The van der Waals surface area contributed by atoms with E-state index in [9.17, 15) is 19.7 Å². The molecule has 8 heteroatoms. The van der Waals surface area contributed by atoms with Crippen LogP contribution in [0.15, 0.2) is 24.3 Å². The Balaban J connectivity index is 1.60. The third-order valence-electron chi connectivity index (χ3n) is 5.75. The van der Waals surface area contributed by atoms with E-state index in [1.807, 2.05) is 0 Å². The fourth-order valence-electron chi connectivity index (χ4n) is 4.42. The van der Waals surface area contributed by atoms with Gasteiger partial charge in [-0.25, -0.2) is 0 Å². The van der Waals surface area contributed by atoms with Crippen molar-refractivity contribution in [3.63, 3.8) is 0 Å². The van der Waals surface area contributed by atoms with E-state index in [0.29, 0.717) is 11.8 Å². The van der Waals surface area contributed by atoms with E-state index in [1.54, 1.807) is 6.92 Å². The van der Waals surface area contributed by atoms with Gasteiger partial charge in [0.25, 0.3) is 11.6 Å². The van der Waals surface area contributed by atoms with Crippen LogP contribution in [0.1, 0.15) is 49.4 Å². The number of hydrogen-bond acceptors (Lipinski definition) is 5. The van der Waals surface area contributed by atoms with E-state index in [0.717, 1.165) is 25.7 Å². The summed E-state index contributed by atoms with van der Waals surface area (Å²) >= 11 is 0. The molecule has 1 aromatic carbocycles. The lowest BCUT2D eigenvalue weighted by Crippen LogP contribution is -2.57. The molecule has 3 atom stereocenters. The number of rotatable bonds is 5. The number of hydrogen-bond donors (Lipinski definition) is 3. The molecule has 146 valence electrons. The Hall–Kier alpha value is -2.48. The molecular formula is C19H26N4O4. The Morgan fingerprint density at radius 3 is 2.56 bits per heavy atom. The number of nitrogens with two attached hydrogens (primary N) is 1. The van der Waals surface area contributed by atoms with Gasteiger partial charge in [-0.3, -0.25) is 19.7 Å². The maximum Gasteiger partial charge on any atom is 0.270 e. The second-order valence-corrected chi connectivity index (χ2v) is 7.72. The minimum atomic E-state index is -0.729. The van der Waals surface area contributed by atoms with Crippen molar-refractivity contribution in [2.75, 3.05) is 0 Å². The molecule has 0 radical (unpaired) electrons. The standard InChI is InChI=1S/C19H26N4O4/c1-11(21-19(25)14-6-3-7-16(10-14)23(26)27)18(24)22-17-12-4-2-5-13(17)9-15(20)8-12/h3,6-7,10-13,15,17H,2,4-5,8-9,20H2,1H3,(H,21,25)(H,22,24). The van der Waals surface area contributed by atoms with Gasteiger partial charge in [0, 0.05) is 29.8 Å². The van der Waals surface area contributed by atoms with Crippen LogP contribution in [0.25, 0.3) is 0 Å². The molecular weight excluding hydrogens is 348 g/mol. The van der Waals surface area contributed by atoms with Crippen molar-refractivity contribution < 1.29 is 14.5 Å². The zero-order valence-electron chi connectivity index (χ0n) is 15.4. The van der Waals surface area contributed by atoms with Crippen LogP contribution in [0.3, 0.4) is 0 Å². The molecule has 2 aliphatic rings. The van der Waals surface area contributed by atoms with E-state index in [2.05, 4.69) is 10.6 Å². The minimum absolute atomic E-state index is 0.114. The normalized spacial score (nSPS) is 28.1. The summed E-state index contributed by atoms with van der Waals surface area (Å²) in [6.07, 6.45) is 5.17. The zero-order chi connectivity index (χ0) is 19.6. The number of carbonyl (C=O) groups excluding carboxylic acids is 2. The molecule has 2 saturated carbocycles. The predicted molar refractivity (Wildman–Crippen MR) is 100.0 cm³/mol. The van der Waals surface area contributed by atoms with Gasteiger partial charge in [0.2, 0.25) is 5.91 Å². The molecule has 0 saturated heterocycles. The first-order valence-corrected chi connectivity index (χ1v) is 9.46. The zero-order valence-corrected chi connectivity index (χ0v) is 15.4. The molecule has 0 spiro atoms. The number of non-ortho nitro benzene ring substituents is 1. The topological polar surface area (TPSA) is 127 Å². The van der Waals surface area contributed by atoms with Gasteiger partial charge in [0.1, 0.15) is 6.04 Å². The van der Waals surface area contributed by atoms with Gasteiger partial charge < -0.3 is 16.4 Å². The minimum Gasteiger partial charge on any atom is -0.351 e. The quantitative estimate of drug-likeness (QED) is 0.534. The molecule has 3 rings (SSSR count). The van der Waals surface area contributed by atoms with Crippen molar-refractivity contribution >= 4 is 17.5 Å². The van der Waals surface area contributed by atoms with Crippen LogP contribution in [-0.4, -0.2) is 34.9 Å². The SMILES string of the molecule is CC(NC(=O)c1cccc([N+](=O)[O-])c1)C(=O)NC1C2CCCC1CC(N)C2. The highest BCUT2D eigenvalue weighted by molar-refractivity contribution is 5.97. The molecule has 2 aliphatic carbocycles. The summed E-state index contributed by atoms with van der Waals surface area (Å²) in [4.78, 5) is 35.2. The van der Waals surface area contributed by atoms with Gasteiger partial charge >= 0.3 is 0 Å². The molecule has 1 aromatic rings. The van der Waals surface area contributed by atoms with Crippen LogP contribution in [0, 0.1) is 22.0 Å². The summed E-state index contributed by atoms with van der Waals surface area (Å²) < 4.78 is 0. The van der Waals surface area contributed by atoms with Crippen molar-refractivity contribution in [3.05, 3.63) is 39.9 Å². The number of nitrogens with zero attached hydrogens (tertiary/aromatic N) is 1. The number of benzene rings is 1. The van der Waals surface area contributed by atoms with Crippen LogP contribution < -0.4 is 16.4 Å². The molecule has 3 unspecified atom stereocenters. The lowest BCUT2D eigenvalue weighted by molar-refractivity contribution is -0.384. The van der Waals surface area contributed by atoms with E-state index in [4.69, 9.17) is 5.73 Å². The third-order valence-corrected chi connectivity index (χ3v) is 5.75. The van der Waals surface area contributed by atoms with Gasteiger partial charge in [-0.05, 0) is 50.5 Å². The van der Waals surface area contributed by atoms with Gasteiger partial charge in [0.05, 0.1) is 4.92 Å². The summed E-state index contributed by atoms with van der Waals surface area (Å²) in [5.41, 5.74) is 6.12. The van der Waals surface area contributed by atoms with Crippen LogP contribution in [0.2, 0.25) is 0 Å². The van der Waals surface area contributed by atoms with Gasteiger partial charge in [-0.15, -0.1) is 0 Å². The van der Waals surface area contributed by atoms with Gasteiger partial charge in [0.15, 0.2) is 0 Å². The van der Waals surface area contributed by atoms with Crippen molar-refractivity contribution in [2.24, 2.45) is 17.6 Å². The van der Waals surface area contributed by atoms with E-state index < -0.39 is 16.9 Å². The van der Waals surface area contributed by atoms with E-state index >= 15 is 0 Å². The molecule has 0 aromatic heterocycles. The summed E-state index contributed by atoms with van der Waals surface area (Å²) in [7, 11) is 0. The Morgan fingerprint density at radius 2 is 1.93 bits per heavy atom. The van der Waals surface area contributed by atoms with E-state index in [1.165, 1.54) is 30.7 Å². The summed E-state index contributed by atoms with van der Waals surface area (Å²) in [5, 5.41) is 16.6. The molecule has 2 amide bonds. The second kappa shape index (κ2) is 8.04. The van der Waals surface area contributed by atoms with Crippen LogP contribution in [0.4, 0.5) is 5.69 Å². The average molecular weight is 374 g/mol. The first-order chi connectivity index (χ1) is 12.8. The third kappa shape index (κ3) is 4.44. The molecule has 2 bridgehead atoms. The molecule has 0 aliphatic heterocycles. The number of nitrogens with one attached hydrogen (secondary N) is 2. The van der Waals surface area contributed by atoms with Crippen molar-refractivity contribution in [2.45, 2.75) is 57.2 Å². The Bertz CT molecular complexity index is 724. The first kappa shape index (κ1) is 19.3. The summed E-state index contributed by atoms with van der Waals surface area (Å²) in [5.74, 6) is 0.0608. The highest BCUT2D eigenvalue weighted by Crippen LogP contribution is 2.39. The fourth-order valence-corrected chi connectivity index (χ4v) is 4.42. The molecule has 0 heterocycles. The van der Waals surface area contributed by atoms with Gasteiger partial charge in [-0.2, -0.15) is 0 Å². The van der Waals surface area contributed by atoms with Crippen LogP contribution in [0.5, 0.6) is 0 Å². The number of nitro benzene ring substituents is 1. The Morgan fingerprint density at radius 1 is 1.26 bits per heavy atom. The van der Waals surface area contributed by atoms with Crippen molar-refractivity contribution in [1.29, 1.82) is 0 Å². The molecule has 27 heavy (non-hydrogen) atoms. The van der Waals surface area contributed by atoms with Gasteiger partial charge in [-0.1, -0.05) is 12.5 Å². The van der Waals surface area contributed by atoms with Crippen LogP contribution >= 0.6 is 0 Å². The maximum absolute atomic E-state index is 12.6. The number of nitro groups is 1.